The minimum Gasteiger partial charge on any atom is -0.314 e. The fourth-order valence-corrected chi connectivity index (χ4v) is 4.71. The van der Waals surface area contributed by atoms with Crippen molar-refractivity contribution in [3.05, 3.63) is 66.1 Å². The lowest BCUT2D eigenvalue weighted by molar-refractivity contribution is 0.454. The summed E-state index contributed by atoms with van der Waals surface area (Å²) in [5.74, 6) is 1.06. The molecule has 0 bridgehead atoms. The van der Waals surface area contributed by atoms with E-state index in [2.05, 4.69) is 72.3 Å². The van der Waals surface area contributed by atoms with Gasteiger partial charge in [-0.05, 0) is 43.9 Å². The molecule has 0 saturated carbocycles. The molecule has 0 fully saturated rings. The van der Waals surface area contributed by atoms with Crippen LogP contribution >= 0.6 is 0 Å². The number of para-hydroxylation sites is 2. The molecule has 0 spiro atoms. The maximum Gasteiger partial charge on any atom is 0.142 e. The molecular weight excluding hydrogens is 320 g/mol. The molecule has 0 amide bonds. The summed E-state index contributed by atoms with van der Waals surface area (Å²) in [5.41, 5.74) is 6.74. The average Bonchev–Trinajstić information content (AvgIpc) is 3.23. The van der Waals surface area contributed by atoms with Crippen LogP contribution in [0, 0.1) is 6.92 Å². The molecule has 3 aromatic heterocycles. The topological polar surface area (TPSA) is 35.1 Å². The number of hydrogen-bond acceptors (Lipinski definition) is 2. The van der Waals surface area contributed by atoms with Gasteiger partial charge in [0.05, 0.1) is 16.6 Å². The van der Waals surface area contributed by atoms with Gasteiger partial charge < -0.3 is 8.97 Å². The van der Waals surface area contributed by atoms with Gasteiger partial charge in [0.25, 0.3) is 0 Å². The van der Waals surface area contributed by atoms with E-state index in [1.54, 1.807) is 0 Å². The smallest absolute Gasteiger partial charge is 0.142 e. The molecule has 4 heteroatoms. The number of aryl methyl sites for hydroxylation is 1. The number of hydrogen-bond donors (Lipinski definition) is 0. The number of imidazole rings is 2. The molecule has 2 aromatic carbocycles. The normalized spacial score (nSPS) is 15.0. The Bertz CT molecular complexity index is 1370. The molecule has 4 heterocycles. The minimum atomic E-state index is -0.252. The van der Waals surface area contributed by atoms with E-state index in [1.807, 2.05) is 12.4 Å². The van der Waals surface area contributed by atoms with Crippen molar-refractivity contribution in [3.8, 4) is 11.4 Å². The number of rotatable bonds is 0. The molecule has 0 radical (unpaired) electrons. The Morgan fingerprint density at radius 1 is 1.04 bits per heavy atom. The third-order valence-electron chi connectivity index (χ3n) is 5.82. The lowest BCUT2D eigenvalue weighted by atomic mass is 9.83. The van der Waals surface area contributed by atoms with Crippen molar-refractivity contribution in [2.24, 2.45) is 0 Å². The molecule has 6 rings (SSSR count). The van der Waals surface area contributed by atoms with Crippen molar-refractivity contribution in [1.29, 1.82) is 0 Å². The van der Waals surface area contributed by atoms with Crippen molar-refractivity contribution in [2.75, 3.05) is 0 Å². The van der Waals surface area contributed by atoms with Crippen LogP contribution in [0.3, 0.4) is 0 Å². The molecule has 5 aromatic rings. The second-order valence-electron chi connectivity index (χ2n) is 7.70. The predicted molar refractivity (Wildman–Crippen MR) is 105 cm³/mol. The summed E-state index contributed by atoms with van der Waals surface area (Å²) in [6.45, 7) is 6.73. The van der Waals surface area contributed by atoms with Crippen LogP contribution in [-0.2, 0) is 5.54 Å². The zero-order valence-corrected chi connectivity index (χ0v) is 15.0. The molecule has 4 nitrogen and oxygen atoms in total. The summed E-state index contributed by atoms with van der Waals surface area (Å²) < 4.78 is 4.53. The Morgan fingerprint density at radius 3 is 2.77 bits per heavy atom. The van der Waals surface area contributed by atoms with E-state index >= 15 is 0 Å². The second kappa shape index (κ2) is 4.33. The monoisotopic (exact) mass is 338 g/mol. The zero-order valence-electron chi connectivity index (χ0n) is 15.0. The Kier molecular flexibility index (Phi) is 2.34. The number of aromatic nitrogens is 4. The molecule has 0 N–H and O–H groups in total. The van der Waals surface area contributed by atoms with Crippen LogP contribution < -0.4 is 0 Å². The first-order chi connectivity index (χ1) is 12.6. The van der Waals surface area contributed by atoms with Crippen LogP contribution in [0.4, 0.5) is 0 Å². The maximum atomic E-state index is 5.04. The first kappa shape index (κ1) is 14.1. The highest BCUT2D eigenvalue weighted by molar-refractivity contribution is 6.05. The maximum absolute atomic E-state index is 5.04. The summed E-state index contributed by atoms with van der Waals surface area (Å²) in [4.78, 5) is 9.74. The van der Waals surface area contributed by atoms with Crippen LogP contribution in [-0.4, -0.2) is 18.9 Å². The molecule has 0 aliphatic carbocycles. The Morgan fingerprint density at radius 2 is 1.88 bits per heavy atom. The Hall–Kier alpha value is -3.14. The Labute approximate surface area is 150 Å². The second-order valence-corrected chi connectivity index (χ2v) is 7.70. The quantitative estimate of drug-likeness (QED) is 0.402. The van der Waals surface area contributed by atoms with Gasteiger partial charge in [0.2, 0.25) is 0 Å². The fourth-order valence-electron chi connectivity index (χ4n) is 4.71. The van der Waals surface area contributed by atoms with Gasteiger partial charge in [0, 0.05) is 35.1 Å². The van der Waals surface area contributed by atoms with Gasteiger partial charge in [-0.2, -0.15) is 0 Å². The first-order valence-corrected chi connectivity index (χ1v) is 8.95. The highest BCUT2D eigenvalue weighted by Gasteiger charge is 2.38. The van der Waals surface area contributed by atoms with Gasteiger partial charge in [-0.25, -0.2) is 9.97 Å². The summed E-state index contributed by atoms with van der Waals surface area (Å²) in [5, 5.41) is 2.52. The van der Waals surface area contributed by atoms with E-state index < -0.39 is 0 Å². The van der Waals surface area contributed by atoms with E-state index in [0.29, 0.717) is 0 Å². The molecule has 0 saturated heterocycles. The van der Waals surface area contributed by atoms with Crippen LogP contribution in [0.2, 0.25) is 0 Å². The summed E-state index contributed by atoms with van der Waals surface area (Å²) >= 11 is 0. The van der Waals surface area contributed by atoms with E-state index in [4.69, 9.17) is 9.97 Å². The van der Waals surface area contributed by atoms with Crippen molar-refractivity contribution in [1.82, 2.24) is 18.9 Å². The molecule has 0 unspecified atom stereocenters. The van der Waals surface area contributed by atoms with Crippen molar-refractivity contribution in [2.45, 2.75) is 26.3 Å². The molecule has 26 heavy (non-hydrogen) atoms. The lowest BCUT2D eigenvalue weighted by Gasteiger charge is -2.36. The van der Waals surface area contributed by atoms with E-state index in [-0.39, 0.29) is 5.54 Å². The summed E-state index contributed by atoms with van der Waals surface area (Å²) in [7, 11) is 0. The summed E-state index contributed by atoms with van der Waals surface area (Å²) in [6, 6.07) is 12.8. The zero-order chi connectivity index (χ0) is 17.6. The predicted octanol–water partition coefficient (Wildman–Crippen LogP) is 4.91. The van der Waals surface area contributed by atoms with Crippen LogP contribution in [0.25, 0.3) is 38.8 Å². The SMILES string of the molecule is Cc1ccc2cn3ccnc3c3c2c1-c1nc2ccccc2n1C3(C)C. The van der Waals surface area contributed by atoms with E-state index in [0.717, 1.165) is 17.0 Å². The van der Waals surface area contributed by atoms with Crippen LogP contribution in [0.15, 0.2) is 55.0 Å². The molecule has 126 valence electrons. The fraction of sp³-hybridized carbons (Fsp3) is 0.182. The van der Waals surface area contributed by atoms with Gasteiger partial charge in [-0.3, -0.25) is 0 Å². The lowest BCUT2D eigenvalue weighted by Crippen LogP contribution is -2.32. The first-order valence-electron chi connectivity index (χ1n) is 8.95. The number of benzene rings is 2. The van der Waals surface area contributed by atoms with Crippen LogP contribution in [0.1, 0.15) is 25.0 Å². The standard InChI is InChI=1S/C22H18N4/c1-13-8-9-14-12-25-11-10-23-21(25)19-18(14)17(13)20-24-15-6-4-5-7-16(15)26(20)22(19,2)3/h4-12H,1-3H3. The highest BCUT2D eigenvalue weighted by Crippen LogP contribution is 2.48. The van der Waals surface area contributed by atoms with Crippen molar-refractivity contribution >= 4 is 27.5 Å². The van der Waals surface area contributed by atoms with Crippen molar-refractivity contribution in [3.63, 3.8) is 0 Å². The largest absolute Gasteiger partial charge is 0.314 e. The number of fused-ring (bicyclic) bond motifs is 6. The Balaban J connectivity index is 1.96. The van der Waals surface area contributed by atoms with Gasteiger partial charge in [0.1, 0.15) is 11.5 Å². The third kappa shape index (κ3) is 1.47. The molecular formula is C22H18N4. The summed E-state index contributed by atoms with van der Waals surface area (Å²) in [6.07, 6.45) is 6.09. The molecule has 1 aliphatic heterocycles. The van der Waals surface area contributed by atoms with Crippen LogP contribution in [0.5, 0.6) is 0 Å². The minimum absolute atomic E-state index is 0.252. The van der Waals surface area contributed by atoms with E-state index in [1.165, 1.54) is 33.0 Å². The number of pyridine rings is 1. The van der Waals surface area contributed by atoms with E-state index in [9.17, 15) is 0 Å². The molecule has 0 atom stereocenters. The van der Waals surface area contributed by atoms with Gasteiger partial charge in [-0.15, -0.1) is 0 Å². The number of nitrogens with zero attached hydrogens (tertiary/aromatic N) is 4. The van der Waals surface area contributed by atoms with Crippen molar-refractivity contribution < 1.29 is 0 Å². The molecule has 1 aliphatic rings. The average molecular weight is 338 g/mol. The third-order valence-corrected chi connectivity index (χ3v) is 5.82. The highest BCUT2D eigenvalue weighted by atomic mass is 15.2. The van der Waals surface area contributed by atoms with Gasteiger partial charge in [0.15, 0.2) is 0 Å². The van der Waals surface area contributed by atoms with Gasteiger partial charge >= 0.3 is 0 Å². The van der Waals surface area contributed by atoms with Gasteiger partial charge in [-0.1, -0.05) is 24.3 Å².